The van der Waals surface area contributed by atoms with E-state index in [-0.39, 0.29) is 6.61 Å². The molecule has 0 aliphatic carbocycles. The molecule has 3 N–H and O–H groups in total. The van der Waals surface area contributed by atoms with E-state index in [4.69, 9.17) is 10.8 Å². The predicted molar refractivity (Wildman–Crippen MR) is 55.9 cm³/mol. The molecule has 1 rings (SSSR count). The highest BCUT2D eigenvalue weighted by Crippen LogP contribution is 2.22. The predicted octanol–water partition coefficient (Wildman–Crippen LogP) is 1.01. The van der Waals surface area contributed by atoms with E-state index >= 15 is 0 Å². The number of hydrogen-bond donors (Lipinski definition) is 2. The van der Waals surface area contributed by atoms with Gasteiger partial charge in [-0.15, -0.1) is 0 Å². The monoisotopic (exact) mass is 180 g/mol. The first-order valence-corrected chi connectivity index (χ1v) is 4.33. The second kappa shape index (κ2) is 4.14. The van der Waals surface area contributed by atoms with Gasteiger partial charge in [-0.1, -0.05) is 6.07 Å². The summed E-state index contributed by atoms with van der Waals surface area (Å²) in [7, 11) is 1.91. The van der Waals surface area contributed by atoms with Crippen LogP contribution in [-0.4, -0.2) is 25.3 Å². The zero-order chi connectivity index (χ0) is 9.84. The fourth-order valence-corrected chi connectivity index (χ4v) is 1.29. The SMILES string of the molecule is Cc1ccc(N(C)CCO)c(N)c1. The summed E-state index contributed by atoms with van der Waals surface area (Å²) in [6.07, 6.45) is 0. The smallest absolute Gasteiger partial charge is 0.0606 e. The number of likely N-dealkylation sites (N-methyl/N-ethyl adjacent to an activating group) is 1. The Kier molecular flexibility index (Phi) is 3.14. The maximum absolute atomic E-state index is 8.76. The Balaban J connectivity index is 2.88. The highest BCUT2D eigenvalue weighted by atomic mass is 16.3. The Labute approximate surface area is 78.8 Å². The number of hydrogen-bond acceptors (Lipinski definition) is 3. The van der Waals surface area contributed by atoms with Crippen LogP contribution in [-0.2, 0) is 0 Å². The molecule has 0 saturated carbocycles. The van der Waals surface area contributed by atoms with Crippen LogP contribution in [0.15, 0.2) is 18.2 Å². The van der Waals surface area contributed by atoms with Gasteiger partial charge in [0.05, 0.1) is 18.0 Å². The second-order valence-corrected chi connectivity index (χ2v) is 3.21. The Morgan fingerprint density at radius 1 is 1.46 bits per heavy atom. The van der Waals surface area contributed by atoms with Gasteiger partial charge in [0.25, 0.3) is 0 Å². The number of aliphatic hydroxyl groups is 1. The van der Waals surface area contributed by atoms with Crippen LogP contribution in [0.5, 0.6) is 0 Å². The van der Waals surface area contributed by atoms with Gasteiger partial charge in [-0.05, 0) is 24.6 Å². The topological polar surface area (TPSA) is 49.5 Å². The number of aryl methyl sites for hydroxylation is 1. The fraction of sp³-hybridized carbons (Fsp3) is 0.400. The van der Waals surface area contributed by atoms with E-state index < -0.39 is 0 Å². The molecule has 13 heavy (non-hydrogen) atoms. The summed E-state index contributed by atoms with van der Waals surface area (Å²) in [5.41, 5.74) is 8.71. The Bertz CT molecular complexity index is 286. The Morgan fingerprint density at radius 3 is 2.69 bits per heavy atom. The molecule has 0 amide bonds. The van der Waals surface area contributed by atoms with Crippen LogP contribution < -0.4 is 10.6 Å². The van der Waals surface area contributed by atoms with Crippen molar-refractivity contribution in [2.24, 2.45) is 0 Å². The number of aliphatic hydroxyl groups excluding tert-OH is 1. The number of nitrogen functional groups attached to an aromatic ring is 1. The first kappa shape index (κ1) is 9.86. The molecule has 0 spiro atoms. The van der Waals surface area contributed by atoms with E-state index in [9.17, 15) is 0 Å². The molecule has 3 nitrogen and oxygen atoms in total. The summed E-state index contributed by atoms with van der Waals surface area (Å²) >= 11 is 0. The van der Waals surface area contributed by atoms with Crippen molar-refractivity contribution in [1.29, 1.82) is 0 Å². The summed E-state index contributed by atoms with van der Waals surface area (Å²) < 4.78 is 0. The molecule has 0 fully saturated rings. The third-order valence-electron chi connectivity index (χ3n) is 2.03. The molecule has 0 radical (unpaired) electrons. The maximum atomic E-state index is 8.76. The summed E-state index contributed by atoms with van der Waals surface area (Å²) in [5.74, 6) is 0. The van der Waals surface area contributed by atoms with Crippen LogP contribution in [0.1, 0.15) is 5.56 Å². The zero-order valence-electron chi connectivity index (χ0n) is 8.12. The van der Waals surface area contributed by atoms with Gasteiger partial charge in [0.2, 0.25) is 0 Å². The van der Waals surface area contributed by atoms with E-state index in [1.807, 2.05) is 37.1 Å². The molecule has 0 saturated heterocycles. The van der Waals surface area contributed by atoms with Gasteiger partial charge in [-0.2, -0.15) is 0 Å². The molecule has 0 aliphatic heterocycles. The quantitative estimate of drug-likeness (QED) is 0.682. The van der Waals surface area contributed by atoms with E-state index in [1.165, 1.54) is 0 Å². The molecule has 0 heterocycles. The van der Waals surface area contributed by atoms with E-state index in [1.54, 1.807) is 0 Å². The van der Waals surface area contributed by atoms with Crippen LogP contribution in [0.25, 0.3) is 0 Å². The second-order valence-electron chi connectivity index (χ2n) is 3.21. The summed E-state index contributed by atoms with van der Waals surface area (Å²) in [4.78, 5) is 1.94. The summed E-state index contributed by atoms with van der Waals surface area (Å²) in [6.45, 7) is 2.75. The van der Waals surface area contributed by atoms with Crippen molar-refractivity contribution >= 4 is 11.4 Å². The number of anilines is 2. The van der Waals surface area contributed by atoms with Crippen LogP contribution in [0, 0.1) is 6.92 Å². The van der Waals surface area contributed by atoms with Gasteiger partial charge in [-0.3, -0.25) is 0 Å². The van der Waals surface area contributed by atoms with Crippen LogP contribution in [0.2, 0.25) is 0 Å². The van der Waals surface area contributed by atoms with Gasteiger partial charge in [0, 0.05) is 13.6 Å². The first-order valence-electron chi connectivity index (χ1n) is 4.33. The lowest BCUT2D eigenvalue weighted by Gasteiger charge is -2.19. The van der Waals surface area contributed by atoms with Crippen molar-refractivity contribution in [2.75, 3.05) is 30.8 Å². The molecule has 3 heteroatoms. The molecular weight excluding hydrogens is 164 g/mol. The lowest BCUT2D eigenvalue weighted by atomic mass is 10.2. The molecule has 0 aromatic heterocycles. The molecule has 0 bridgehead atoms. The van der Waals surface area contributed by atoms with Crippen molar-refractivity contribution in [1.82, 2.24) is 0 Å². The minimum atomic E-state index is 0.143. The van der Waals surface area contributed by atoms with Gasteiger partial charge < -0.3 is 15.7 Å². The maximum Gasteiger partial charge on any atom is 0.0606 e. The lowest BCUT2D eigenvalue weighted by Crippen LogP contribution is -2.22. The largest absolute Gasteiger partial charge is 0.397 e. The Hall–Kier alpha value is -1.22. The highest BCUT2D eigenvalue weighted by Gasteiger charge is 2.03. The number of nitrogens with two attached hydrogens (primary N) is 1. The number of benzene rings is 1. The van der Waals surface area contributed by atoms with Gasteiger partial charge >= 0.3 is 0 Å². The molecule has 1 aromatic carbocycles. The molecular formula is C10H16N2O. The average Bonchev–Trinajstić information content (AvgIpc) is 2.04. The van der Waals surface area contributed by atoms with Crippen molar-refractivity contribution < 1.29 is 5.11 Å². The summed E-state index contributed by atoms with van der Waals surface area (Å²) in [6, 6.07) is 5.92. The minimum absolute atomic E-state index is 0.143. The van der Waals surface area contributed by atoms with Crippen LogP contribution in [0.3, 0.4) is 0 Å². The lowest BCUT2D eigenvalue weighted by molar-refractivity contribution is 0.304. The zero-order valence-corrected chi connectivity index (χ0v) is 8.12. The number of rotatable bonds is 3. The van der Waals surface area contributed by atoms with E-state index in [2.05, 4.69) is 0 Å². The van der Waals surface area contributed by atoms with Crippen molar-refractivity contribution in [3.8, 4) is 0 Å². The van der Waals surface area contributed by atoms with E-state index in [0.717, 1.165) is 16.9 Å². The molecule has 0 unspecified atom stereocenters. The fourth-order valence-electron chi connectivity index (χ4n) is 1.29. The average molecular weight is 180 g/mol. The third-order valence-corrected chi connectivity index (χ3v) is 2.03. The van der Waals surface area contributed by atoms with E-state index in [0.29, 0.717) is 6.54 Å². The molecule has 72 valence electrons. The van der Waals surface area contributed by atoms with Crippen molar-refractivity contribution in [3.63, 3.8) is 0 Å². The molecule has 0 aliphatic rings. The minimum Gasteiger partial charge on any atom is -0.397 e. The van der Waals surface area contributed by atoms with Gasteiger partial charge in [-0.25, -0.2) is 0 Å². The van der Waals surface area contributed by atoms with Gasteiger partial charge in [0.15, 0.2) is 0 Å². The highest BCUT2D eigenvalue weighted by molar-refractivity contribution is 5.68. The summed E-state index contributed by atoms with van der Waals surface area (Å²) in [5, 5.41) is 8.76. The van der Waals surface area contributed by atoms with Crippen LogP contribution in [0.4, 0.5) is 11.4 Å². The van der Waals surface area contributed by atoms with Gasteiger partial charge in [0.1, 0.15) is 0 Å². The van der Waals surface area contributed by atoms with Crippen molar-refractivity contribution in [2.45, 2.75) is 6.92 Å². The van der Waals surface area contributed by atoms with Crippen LogP contribution >= 0.6 is 0 Å². The molecule has 0 atom stereocenters. The van der Waals surface area contributed by atoms with Crippen molar-refractivity contribution in [3.05, 3.63) is 23.8 Å². The third kappa shape index (κ3) is 2.36. The standard InChI is InChI=1S/C10H16N2O/c1-8-3-4-10(9(11)7-8)12(2)5-6-13/h3-4,7,13H,5-6,11H2,1-2H3. The number of nitrogens with zero attached hydrogens (tertiary/aromatic N) is 1. The Morgan fingerprint density at radius 2 is 2.15 bits per heavy atom. The normalized spacial score (nSPS) is 10.1. The molecule has 1 aromatic rings. The first-order chi connectivity index (χ1) is 6.15.